The standard InChI is InChI=1S/C14H31N2.BrH/c1-6-15(13(4)5)14-9-11-16(7-2,8-3)12-10-14;/h13-14H,6-12H2,1-5H3;1H/q+1;/p-1. The van der Waals surface area contributed by atoms with E-state index in [4.69, 9.17) is 0 Å². The highest BCUT2D eigenvalue weighted by molar-refractivity contribution is 4.76. The Bertz CT molecular complexity index is 192. The van der Waals surface area contributed by atoms with E-state index in [2.05, 4.69) is 39.5 Å². The van der Waals surface area contributed by atoms with Crippen LogP contribution in [-0.2, 0) is 0 Å². The highest BCUT2D eigenvalue weighted by Gasteiger charge is 2.33. The van der Waals surface area contributed by atoms with Crippen molar-refractivity contribution in [2.75, 3.05) is 32.7 Å². The van der Waals surface area contributed by atoms with Crippen molar-refractivity contribution in [3.05, 3.63) is 0 Å². The Morgan fingerprint density at radius 3 is 1.82 bits per heavy atom. The van der Waals surface area contributed by atoms with E-state index in [1.54, 1.807) is 0 Å². The van der Waals surface area contributed by atoms with Crippen molar-refractivity contribution in [1.82, 2.24) is 4.90 Å². The van der Waals surface area contributed by atoms with Crippen LogP contribution in [0.1, 0.15) is 47.5 Å². The maximum Gasteiger partial charge on any atom is 0.0801 e. The fourth-order valence-electron chi connectivity index (χ4n) is 3.33. The third-order valence-electron chi connectivity index (χ3n) is 4.71. The maximum atomic E-state index is 2.68. The van der Waals surface area contributed by atoms with Crippen molar-refractivity contribution < 1.29 is 21.5 Å². The van der Waals surface area contributed by atoms with Crippen LogP contribution in [0.5, 0.6) is 0 Å². The van der Waals surface area contributed by atoms with Crippen molar-refractivity contribution in [2.45, 2.75) is 59.5 Å². The number of likely N-dealkylation sites (tertiary alicyclic amines) is 1. The van der Waals surface area contributed by atoms with E-state index in [9.17, 15) is 0 Å². The van der Waals surface area contributed by atoms with Gasteiger partial charge in [0.05, 0.1) is 26.2 Å². The minimum absolute atomic E-state index is 0. The quantitative estimate of drug-likeness (QED) is 0.633. The molecule has 1 heterocycles. The van der Waals surface area contributed by atoms with Crippen LogP contribution in [0.4, 0.5) is 0 Å². The molecule has 104 valence electrons. The van der Waals surface area contributed by atoms with Crippen molar-refractivity contribution in [1.29, 1.82) is 0 Å². The summed E-state index contributed by atoms with van der Waals surface area (Å²) in [5.41, 5.74) is 0. The number of piperidine rings is 1. The fourth-order valence-corrected chi connectivity index (χ4v) is 3.33. The number of hydrogen-bond donors (Lipinski definition) is 0. The Labute approximate surface area is 119 Å². The van der Waals surface area contributed by atoms with Gasteiger partial charge in [-0.15, -0.1) is 0 Å². The maximum absolute atomic E-state index is 2.68. The molecule has 0 saturated carbocycles. The minimum atomic E-state index is 0. The molecular weight excluding hydrogens is 276 g/mol. The summed E-state index contributed by atoms with van der Waals surface area (Å²) in [6.45, 7) is 18.3. The average Bonchev–Trinajstić information content (AvgIpc) is 2.31. The second-order valence-electron chi connectivity index (χ2n) is 5.58. The SMILES string of the molecule is CCN(C(C)C)C1CC[N+](CC)(CC)CC1.[Br-]. The largest absolute Gasteiger partial charge is 1.00 e. The predicted molar refractivity (Wildman–Crippen MR) is 71.6 cm³/mol. The highest BCUT2D eigenvalue weighted by atomic mass is 79.9. The number of halogens is 1. The summed E-state index contributed by atoms with van der Waals surface area (Å²) in [7, 11) is 0. The predicted octanol–water partition coefficient (Wildman–Crippen LogP) is -0.260. The van der Waals surface area contributed by atoms with E-state index >= 15 is 0 Å². The number of nitrogens with zero attached hydrogens (tertiary/aromatic N) is 2. The molecule has 1 aliphatic heterocycles. The molecule has 0 unspecified atom stereocenters. The van der Waals surface area contributed by atoms with Gasteiger partial charge in [-0.25, -0.2) is 0 Å². The molecule has 3 heteroatoms. The van der Waals surface area contributed by atoms with E-state index in [-0.39, 0.29) is 17.0 Å². The van der Waals surface area contributed by atoms with E-state index < -0.39 is 0 Å². The van der Waals surface area contributed by atoms with E-state index in [0.29, 0.717) is 6.04 Å². The third-order valence-corrected chi connectivity index (χ3v) is 4.71. The molecule has 0 amide bonds. The van der Waals surface area contributed by atoms with Crippen LogP contribution < -0.4 is 17.0 Å². The molecule has 0 bridgehead atoms. The van der Waals surface area contributed by atoms with Crippen molar-refractivity contribution in [3.63, 3.8) is 0 Å². The molecule has 2 nitrogen and oxygen atoms in total. The molecule has 0 aromatic rings. The zero-order valence-corrected chi connectivity index (χ0v) is 14.0. The number of quaternary nitrogens is 1. The van der Waals surface area contributed by atoms with Crippen LogP contribution in [0, 0.1) is 0 Å². The first kappa shape index (κ1) is 17.4. The van der Waals surface area contributed by atoms with Gasteiger partial charge in [0.25, 0.3) is 0 Å². The Morgan fingerprint density at radius 2 is 1.53 bits per heavy atom. The van der Waals surface area contributed by atoms with Crippen molar-refractivity contribution >= 4 is 0 Å². The van der Waals surface area contributed by atoms with Gasteiger partial charge >= 0.3 is 0 Å². The van der Waals surface area contributed by atoms with Gasteiger partial charge in [-0.3, -0.25) is 4.90 Å². The zero-order valence-electron chi connectivity index (χ0n) is 12.4. The molecule has 0 spiro atoms. The van der Waals surface area contributed by atoms with Gasteiger partial charge in [-0.05, 0) is 34.2 Å². The normalized spacial score (nSPS) is 20.6. The lowest BCUT2D eigenvalue weighted by molar-refractivity contribution is -0.929. The van der Waals surface area contributed by atoms with E-state index in [1.807, 2.05) is 0 Å². The van der Waals surface area contributed by atoms with Gasteiger partial charge < -0.3 is 21.5 Å². The molecule has 0 aliphatic carbocycles. The number of hydrogen-bond acceptors (Lipinski definition) is 1. The summed E-state index contributed by atoms with van der Waals surface area (Å²) in [6, 6.07) is 1.55. The van der Waals surface area contributed by atoms with E-state index in [0.717, 1.165) is 6.04 Å². The monoisotopic (exact) mass is 306 g/mol. The molecule has 17 heavy (non-hydrogen) atoms. The average molecular weight is 307 g/mol. The Balaban J connectivity index is 0.00000256. The van der Waals surface area contributed by atoms with Crippen LogP contribution in [-0.4, -0.2) is 54.2 Å². The lowest BCUT2D eigenvalue weighted by Crippen LogP contribution is -3.00. The second-order valence-corrected chi connectivity index (χ2v) is 5.58. The highest BCUT2D eigenvalue weighted by Crippen LogP contribution is 2.23. The summed E-state index contributed by atoms with van der Waals surface area (Å²) in [5, 5.41) is 0. The van der Waals surface area contributed by atoms with Crippen LogP contribution in [0.2, 0.25) is 0 Å². The summed E-state index contributed by atoms with van der Waals surface area (Å²) in [5.74, 6) is 0. The summed E-state index contributed by atoms with van der Waals surface area (Å²) in [6.07, 6.45) is 2.79. The molecule has 1 saturated heterocycles. The topological polar surface area (TPSA) is 3.24 Å². The van der Waals surface area contributed by atoms with E-state index in [1.165, 1.54) is 50.0 Å². The molecule has 1 fully saturated rings. The second kappa shape index (κ2) is 7.75. The zero-order chi connectivity index (χ0) is 12.2. The summed E-state index contributed by atoms with van der Waals surface area (Å²) >= 11 is 0. The minimum Gasteiger partial charge on any atom is -1.00 e. The molecule has 0 N–H and O–H groups in total. The van der Waals surface area contributed by atoms with Gasteiger partial charge in [-0.2, -0.15) is 0 Å². The lowest BCUT2D eigenvalue weighted by atomic mass is 9.99. The smallest absolute Gasteiger partial charge is 0.0801 e. The van der Waals surface area contributed by atoms with Gasteiger partial charge in [0.15, 0.2) is 0 Å². The molecule has 1 aliphatic rings. The van der Waals surface area contributed by atoms with Crippen LogP contribution in [0.15, 0.2) is 0 Å². The van der Waals surface area contributed by atoms with Crippen LogP contribution in [0.25, 0.3) is 0 Å². The Kier molecular flexibility index (Phi) is 7.93. The van der Waals surface area contributed by atoms with Crippen molar-refractivity contribution in [2.24, 2.45) is 0 Å². The first-order valence-corrected chi connectivity index (χ1v) is 7.19. The Morgan fingerprint density at radius 1 is 1.06 bits per heavy atom. The van der Waals surface area contributed by atoms with Gasteiger partial charge in [0, 0.05) is 24.9 Å². The number of rotatable bonds is 5. The fraction of sp³-hybridized carbons (Fsp3) is 1.00. The summed E-state index contributed by atoms with van der Waals surface area (Å²) < 4.78 is 1.35. The van der Waals surface area contributed by atoms with Crippen LogP contribution in [0.3, 0.4) is 0 Å². The molecule has 1 rings (SSSR count). The first-order valence-electron chi connectivity index (χ1n) is 7.19. The first-order chi connectivity index (χ1) is 7.58. The summed E-state index contributed by atoms with van der Waals surface area (Å²) in [4.78, 5) is 2.68. The molecule has 0 aromatic heterocycles. The van der Waals surface area contributed by atoms with Crippen LogP contribution >= 0.6 is 0 Å². The Hall–Kier alpha value is 0.400. The van der Waals surface area contributed by atoms with Crippen molar-refractivity contribution in [3.8, 4) is 0 Å². The molecule has 0 radical (unpaired) electrons. The molecule has 0 aromatic carbocycles. The van der Waals surface area contributed by atoms with Gasteiger partial charge in [-0.1, -0.05) is 6.92 Å². The third kappa shape index (κ3) is 4.22. The lowest BCUT2D eigenvalue weighted by Gasteiger charge is -2.46. The van der Waals surface area contributed by atoms with Gasteiger partial charge in [0.2, 0.25) is 0 Å². The molecular formula is C14H31BrN2. The molecule has 0 atom stereocenters. The van der Waals surface area contributed by atoms with Gasteiger partial charge in [0.1, 0.15) is 0 Å².